The van der Waals surface area contributed by atoms with E-state index in [0.717, 1.165) is 32.0 Å². The first-order valence-corrected chi connectivity index (χ1v) is 9.60. The first kappa shape index (κ1) is 18.3. The Labute approximate surface area is 157 Å². The minimum atomic E-state index is -0.261. The lowest BCUT2D eigenvalue weighted by Gasteiger charge is -2.38. The van der Waals surface area contributed by atoms with Crippen molar-refractivity contribution in [3.63, 3.8) is 0 Å². The van der Waals surface area contributed by atoms with E-state index < -0.39 is 0 Å². The van der Waals surface area contributed by atoms with Crippen molar-refractivity contribution in [3.05, 3.63) is 52.5 Å². The zero-order valence-electron chi connectivity index (χ0n) is 14.1. The van der Waals surface area contributed by atoms with Crippen molar-refractivity contribution in [1.29, 1.82) is 0 Å². The van der Waals surface area contributed by atoms with Crippen LogP contribution in [0.3, 0.4) is 0 Å². The molecule has 2 aromatic rings. The number of thiophene rings is 1. The lowest BCUT2D eigenvalue weighted by atomic mass is 10.1. The number of benzene rings is 1. The van der Waals surface area contributed by atoms with Crippen molar-refractivity contribution in [2.75, 3.05) is 31.6 Å². The number of thiocarbonyl (C=S) groups is 1. The summed E-state index contributed by atoms with van der Waals surface area (Å²) in [5.41, 5.74) is 0.769. The highest BCUT2D eigenvalue weighted by Gasteiger charge is 2.28. The van der Waals surface area contributed by atoms with E-state index in [2.05, 4.69) is 40.0 Å². The molecule has 0 saturated carbocycles. The summed E-state index contributed by atoms with van der Waals surface area (Å²) in [5, 5.41) is 9.13. The van der Waals surface area contributed by atoms with Gasteiger partial charge in [0.05, 0.1) is 19.3 Å². The van der Waals surface area contributed by atoms with Gasteiger partial charge in [0.15, 0.2) is 5.11 Å². The number of anilines is 1. The van der Waals surface area contributed by atoms with Crippen molar-refractivity contribution in [2.24, 2.45) is 0 Å². The Kier molecular flexibility index (Phi) is 6.36. The monoisotopic (exact) mass is 379 g/mol. The van der Waals surface area contributed by atoms with Crippen molar-refractivity contribution in [3.8, 4) is 0 Å². The lowest BCUT2D eigenvalue weighted by molar-refractivity contribution is 0.0110. The van der Waals surface area contributed by atoms with Gasteiger partial charge in [-0.2, -0.15) is 0 Å². The maximum atomic E-state index is 13.0. The highest BCUT2D eigenvalue weighted by Crippen LogP contribution is 2.29. The average Bonchev–Trinajstić information content (AvgIpc) is 3.12. The van der Waals surface area contributed by atoms with Gasteiger partial charge in [0, 0.05) is 29.7 Å². The Morgan fingerprint density at radius 2 is 1.96 bits per heavy atom. The Morgan fingerprint density at radius 3 is 2.60 bits per heavy atom. The molecule has 0 bridgehead atoms. The minimum Gasteiger partial charge on any atom is -0.379 e. The fourth-order valence-electron chi connectivity index (χ4n) is 3.04. The first-order chi connectivity index (χ1) is 12.1. The van der Waals surface area contributed by atoms with Crippen LogP contribution in [0.25, 0.3) is 0 Å². The van der Waals surface area contributed by atoms with Gasteiger partial charge < -0.3 is 15.4 Å². The second-order valence-electron chi connectivity index (χ2n) is 6.00. The van der Waals surface area contributed by atoms with Crippen LogP contribution in [-0.4, -0.2) is 42.4 Å². The summed E-state index contributed by atoms with van der Waals surface area (Å²) in [6.07, 6.45) is 0. The van der Waals surface area contributed by atoms with E-state index in [0.29, 0.717) is 5.11 Å². The summed E-state index contributed by atoms with van der Waals surface area (Å²) >= 11 is 7.20. The molecule has 1 saturated heterocycles. The fraction of sp³-hybridized carbons (Fsp3) is 0.389. The summed E-state index contributed by atoms with van der Waals surface area (Å²) in [5.74, 6) is -0.261. The van der Waals surface area contributed by atoms with Crippen LogP contribution < -0.4 is 10.6 Å². The van der Waals surface area contributed by atoms with Crippen LogP contribution in [0.5, 0.6) is 0 Å². The molecule has 7 heteroatoms. The summed E-state index contributed by atoms with van der Waals surface area (Å²) in [6.45, 7) is 5.47. The Bertz CT molecular complexity index is 672. The quantitative estimate of drug-likeness (QED) is 0.776. The summed E-state index contributed by atoms with van der Waals surface area (Å²) in [6, 6.07) is 10.8. The topological polar surface area (TPSA) is 36.5 Å². The van der Waals surface area contributed by atoms with Crippen LogP contribution in [0.2, 0.25) is 0 Å². The number of rotatable bonds is 5. The molecule has 1 aliphatic heterocycles. The van der Waals surface area contributed by atoms with Gasteiger partial charge in [-0.15, -0.1) is 11.3 Å². The van der Waals surface area contributed by atoms with Crippen LogP contribution in [0.15, 0.2) is 41.8 Å². The van der Waals surface area contributed by atoms with E-state index >= 15 is 0 Å². The molecule has 1 aromatic carbocycles. The third-order valence-corrected chi connectivity index (χ3v) is 5.37. The largest absolute Gasteiger partial charge is 0.379 e. The zero-order chi connectivity index (χ0) is 17.6. The second kappa shape index (κ2) is 8.71. The maximum absolute atomic E-state index is 13.0. The molecule has 134 valence electrons. The van der Waals surface area contributed by atoms with Gasteiger partial charge in [-0.3, -0.25) is 4.90 Å². The van der Waals surface area contributed by atoms with Crippen molar-refractivity contribution in [1.82, 2.24) is 10.2 Å². The molecule has 2 heterocycles. The van der Waals surface area contributed by atoms with Crippen LogP contribution in [0.4, 0.5) is 10.1 Å². The van der Waals surface area contributed by atoms with Crippen LogP contribution in [0, 0.1) is 5.82 Å². The molecule has 2 atom stereocenters. The van der Waals surface area contributed by atoms with Crippen LogP contribution >= 0.6 is 23.6 Å². The summed E-state index contributed by atoms with van der Waals surface area (Å²) in [4.78, 5) is 3.75. The second-order valence-corrected chi connectivity index (χ2v) is 7.39. The number of ether oxygens (including phenoxy) is 1. The number of morpholine rings is 1. The van der Waals surface area contributed by atoms with E-state index in [-0.39, 0.29) is 17.9 Å². The lowest BCUT2D eigenvalue weighted by Crippen LogP contribution is -2.49. The molecule has 4 nitrogen and oxygen atoms in total. The third kappa shape index (κ3) is 4.98. The van der Waals surface area contributed by atoms with Gasteiger partial charge in [-0.25, -0.2) is 4.39 Å². The van der Waals surface area contributed by atoms with Gasteiger partial charge >= 0.3 is 0 Å². The van der Waals surface area contributed by atoms with Gasteiger partial charge in [-0.1, -0.05) is 6.07 Å². The molecule has 1 aliphatic rings. The standard InChI is InChI=1S/C18H22FN3OS2/c1-13(20-18(24)21-15-6-4-14(19)5-7-15)17(16-3-2-12-25-16)22-8-10-23-11-9-22/h2-7,12-13,17H,8-11H2,1H3,(H2,20,21,24)/t13-,17+/m1/s1. The molecule has 3 rings (SSSR count). The molecule has 0 aliphatic carbocycles. The highest BCUT2D eigenvalue weighted by molar-refractivity contribution is 7.80. The molecule has 0 radical (unpaired) electrons. The molecule has 1 aromatic heterocycles. The predicted molar refractivity (Wildman–Crippen MR) is 105 cm³/mol. The summed E-state index contributed by atoms with van der Waals surface area (Å²) < 4.78 is 18.5. The number of hydrogen-bond acceptors (Lipinski definition) is 4. The van der Waals surface area contributed by atoms with E-state index in [1.807, 2.05) is 0 Å². The van der Waals surface area contributed by atoms with Crippen molar-refractivity contribution < 1.29 is 9.13 Å². The smallest absolute Gasteiger partial charge is 0.171 e. The normalized spacial score (nSPS) is 17.7. The van der Waals surface area contributed by atoms with Gasteiger partial charge in [-0.05, 0) is 54.9 Å². The Morgan fingerprint density at radius 1 is 1.24 bits per heavy atom. The first-order valence-electron chi connectivity index (χ1n) is 8.32. The van der Waals surface area contributed by atoms with Crippen LogP contribution in [0.1, 0.15) is 17.8 Å². The molecular formula is C18H22FN3OS2. The molecular weight excluding hydrogens is 357 g/mol. The zero-order valence-corrected chi connectivity index (χ0v) is 15.7. The van der Waals surface area contributed by atoms with E-state index in [4.69, 9.17) is 17.0 Å². The molecule has 25 heavy (non-hydrogen) atoms. The summed E-state index contributed by atoms with van der Waals surface area (Å²) in [7, 11) is 0. The van der Waals surface area contributed by atoms with E-state index in [1.165, 1.54) is 17.0 Å². The molecule has 2 N–H and O–H groups in total. The molecule has 1 fully saturated rings. The predicted octanol–water partition coefficient (Wildman–Crippen LogP) is 3.64. The molecule has 0 unspecified atom stereocenters. The number of hydrogen-bond donors (Lipinski definition) is 2. The molecule has 0 spiro atoms. The molecule has 0 amide bonds. The van der Waals surface area contributed by atoms with Crippen LogP contribution in [-0.2, 0) is 4.74 Å². The fourth-order valence-corrected chi connectivity index (χ4v) is 4.31. The Hall–Kier alpha value is -1.54. The van der Waals surface area contributed by atoms with E-state index in [1.54, 1.807) is 23.5 Å². The Balaban J connectivity index is 1.66. The SMILES string of the molecule is C[C@@H](NC(=S)Nc1ccc(F)cc1)[C@@H](c1cccs1)N1CCOCC1. The van der Waals surface area contributed by atoms with Crippen molar-refractivity contribution >= 4 is 34.4 Å². The van der Waals surface area contributed by atoms with Gasteiger partial charge in [0.25, 0.3) is 0 Å². The number of nitrogens with one attached hydrogen (secondary N) is 2. The average molecular weight is 380 g/mol. The third-order valence-electron chi connectivity index (χ3n) is 4.21. The number of halogens is 1. The van der Waals surface area contributed by atoms with Crippen molar-refractivity contribution in [2.45, 2.75) is 19.0 Å². The number of nitrogens with zero attached hydrogens (tertiary/aromatic N) is 1. The van der Waals surface area contributed by atoms with E-state index in [9.17, 15) is 4.39 Å². The minimum absolute atomic E-state index is 0.122. The highest BCUT2D eigenvalue weighted by atomic mass is 32.1. The maximum Gasteiger partial charge on any atom is 0.171 e. The van der Waals surface area contributed by atoms with Gasteiger partial charge in [0.2, 0.25) is 0 Å². The van der Waals surface area contributed by atoms with Gasteiger partial charge in [0.1, 0.15) is 5.82 Å².